The second kappa shape index (κ2) is 3.93. The molecule has 0 spiro atoms. The molecule has 0 atom stereocenters. The van der Waals surface area contributed by atoms with Crippen molar-refractivity contribution in [1.29, 1.82) is 0 Å². The number of carboxylic acids is 1. The maximum atomic E-state index is 10.4. The summed E-state index contributed by atoms with van der Waals surface area (Å²) < 4.78 is 0. The third-order valence-electron chi connectivity index (χ3n) is 1.44. The number of nitrogens with one attached hydrogen (secondary N) is 1. The number of hydrogen-bond donors (Lipinski definition) is 2. The van der Waals surface area contributed by atoms with Crippen molar-refractivity contribution in [2.24, 2.45) is 0 Å². The van der Waals surface area contributed by atoms with E-state index in [-0.39, 0.29) is 0 Å². The van der Waals surface area contributed by atoms with Gasteiger partial charge in [0.2, 0.25) is 0 Å². The van der Waals surface area contributed by atoms with Crippen molar-refractivity contribution in [2.75, 3.05) is 7.05 Å². The fraction of sp³-hybridized carbons (Fsp3) is 0.571. The van der Waals surface area contributed by atoms with Crippen LogP contribution in [-0.4, -0.2) is 18.1 Å². The summed E-state index contributed by atoms with van der Waals surface area (Å²) in [5.41, 5.74) is 1.18. The molecular weight excluding hydrogens is 130 g/mol. The van der Waals surface area contributed by atoms with E-state index in [1.54, 1.807) is 14.0 Å². The lowest BCUT2D eigenvalue weighted by Gasteiger charge is -2.03. The van der Waals surface area contributed by atoms with E-state index < -0.39 is 5.97 Å². The Morgan fingerprint density at radius 2 is 2.10 bits per heavy atom. The van der Waals surface area contributed by atoms with E-state index in [0.717, 1.165) is 5.70 Å². The maximum absolute atomic E-state index is 10.4. The molecule has 0 saturated heterocycles. The Morgan fingerprint density at radius 3 is 2.20 bits per heavy atom. The van der Waals surface area contributed by atoms with Gasteiger partial charge in [-0.25, -0.2) is 4.79 Å². The molecule has 0 aliphatic heterocycles. The molecule has 0 unspecified atom stereocenters. The molecule has 0 amide bonds. The van der Waals surface area contributed by atoms with Crippen LogP contribution in [-0.2, 0) is 4.79 Å². The van der Waals surface area contributed by atoms with Crippen molar-refractivity contribution in [3.63, 3.8) is 0 Å². The van der Waals surface area contributed by atoms with Crippen LogP contribution in [0.1, 0.15) is 20.3 Å². The third kappa shape index (κ3) is 2.09. The van der Waals surface area contributed by atoms with Crippen LogP contribution >= 0.6 is 0 Å². The lowest BCUT2D eigenvalue weighted by molar-refractivity contribution is -0.132. The normalized spacial score (nSPS) is 12.3. The van der Waals surface area contributed by atoms with Crippen molar-refractivity contribution in [3.8, 4) is 0 Å². The summed E-state index contributed by atoms with van der Waals surface area (Å²) in [6, 6.07) is 0. The molecule has 0 aliphatic carbocycles. The maximum Gasteiger partial charge on any atom is 0.333 e. The van der Waals surface area contributed by atoms with E-state index in [4.69, 9.17) is 5.11 Å². The van der Waals surface area contributed by atoms with Crippen LogP contribution in [0.15, 0.2) is 11.3 Å². The van der Waals surface area contributed by atoms with Crippen LogP contribution in [0.3, 0.4) is 0 Å². The second-order valence-corrected chi connectivity index (χ2v) is 2.01. The Hall–Kier alpha value is -0.990. The molecule has 3 nitrogen and oxygen atoms in total. The molecule has 10 heavy (non-hydrogen) atoms. The van der Waals surface area contributed by atoms with E-state index in [2.05, 4.69) is 5.32 Å². The molecule has 0 aromatic heterocycles. The average Bonchev–Trinajstić information content (AvgIpc) is 1.88. The Balaban J connectivity index is 4.45. The zero-order valence-corrected chi connectivity index (χ0v) is 6.56. The zero-order valence-electron chi connectivity index (χ0n) is 6.56. The molecule has 0 aromatic carbocycles. The first kappa shape index (κ1) is 9.01. The topological polar surface area (TPSA) is 49.3 Å². The van der Waals surface area contributed by atoms with E-state index in [1.807, 2.05) is 6.92 Å². The van der Waals surface area contributed by atoms with Crippen molar-refractivity contribution in [2.45, 2.75) is 20.3 Å². The molecule has 0 aromatic rings. The van der Waals surface area contributed by atoms with Gasteiger partial charge in [0.25, 0.3) is 0 Å². The molecule has 0 aliphatic rings. The largest absolute Gasteiger partial charge is 0.478 e. The van der Waals surface area contributed by atoms with Crippen LogP contribution in [0, 0.1) is 0 Å². The van der Waals surface area contributed by atoms with Crippen LogP contribution in [0.2, 0.25) is 0 Å². The number of carbonyl (C=O) groups is 1. The quantitative estimate of drug-likeness (QED) is 0.579. The first-order chi connectivity index (χ1) is 4.63. The molecule has 58 valence electrons. The van der Waals surface area contributed by atoms with Crippen LogP contribution < -0.4 is 5.32 Å². The van der Waals surface area contributed by atoms with Gasteiger partial charge in [-0.05, 0) is 13.3 Å². The fourth-order valence-corrected chi connectivity index (χ4v) is 0.728. The summed E-state index contributed by atoms with van der Waals surface area (Å²) >= 11 is 0. The van der Waals surface area contributed by atoms with Crippen molar-refractivity contribution >= 4 is 5.97 Å². The van der Waals surface area contributed by atoms with Gasteiger partial charge in [-0.2, -0.15) is 0 Å². The van der Waals surface area contributed by atoms with Crippen molar-refractivity contribution < 1.29 is 9.90 Å². The van der Waals surface area contributed by atoms with E-state index in [1.165, 1.54) is 0 Å². The van der Waals surface area contributed by atoms with E-state index in [0.29, 0.717) is 12.0 Å². The number of aliphatic carboxylic acids is 1. The first-order valence-electron chi connectivity index (χ1n) is 3.24. The number of hydrogen-bond acceptors (Lipinski definition) is 2. The minimum Gasteiger partial charge on any atom is -0.478 e. The Bertz CT molecular complexity index is 161. The van der Waals surface area contributed by atoms with Crippen LogP contribution in [0.4, 0.5) is 0 Å². The summed E-state index contributed by atoms with van der Waals surface area (Å²) in [6.45, 7) is 3.58. The van der Waals surface area contributed by atoms with Crippen LogP contribution in [0.25, 0.3) is 0 Å². The third-order valence-corrected chi connectivity index (χ3v) is 1.44. The number of carboxylic acid groups (broad SMARTS) is 1. The van der Waals surface area contributed by atoms with Gasteiger partial charge in [0.15, 0.2) is 0 Å². The first-order valence-corrected chi connectivity index (χ1v) is 3.24. The molecule has 0 radical (unpaired) electrons. The minimum absolute atomic E-state index is 0.447. The SMILES string of the molecule is CC/C(C(=O)O)=C(\C)NC. The van der Waals surface area contributed by atoms with Gasteiger partial charge >= 0.3 is 5.97 Å². The Morgan fingerprint density at radius 1 is 1.60 bits per heavy atom. The van der Waals surface area contributed by atoms with Gasteiger partial charge in [-0.1, -0.05) is 6.92 Å². The summed E-state index contributed by atoms with van der Waals surface area (Å²) in [4.78, 5) is 10.4. The van der Waals surface area contributed by atoms with Crippen molar-refractivity contribution in [3.05, 3.63) is 11.3 Å². The van der Waals surface area contributed by atoms with Gasteiger partial charge < -0.3 is 10.4 Å². The molecule has 3 heteroatoms. The van der Waals surface area contributed by atoms with E-state index >= 15 is 0 Å². The standard InChI is InChI=1S/C7H13NO2/c1-4-6(7(9)10)5(2)8-3/h8H,4H2,1-3H3,(H,9,10)/b6-5-. The molecular formula is C7H13NO2. The molecule has 0 heterocycles. The predicted octanol–water partition coefficient (Wildman–Crippen LogP) is 0.974. The summed E-state index contributed by atoms with van der Waals surface area (Å²) in [6.07, 6.45) is 0.558. The predicted molar refractivity (Wildman–Crippen MR) is 39.7 cm³/mol. The van der Waals surface area contributed by atoms with Gasteiger partial charge in [-0.15, -0.1) is 0 Å². The highest BCUT2D eigenvalue weighted by Gasteiger charge is 2.06. The summed E-state index contributed by atoms with van der Waals surface area (Å²) in [7, 11) is 1.72. The van der Waals surface area contributed by atoms with Crippen molar-refractivity contribution in [1.82, 2.24) is 5.32 Å². The van der Waals surface area contributed by atoms with Gasteiger partial charge in [0.1, 0.15) is 0 Å². The summed E-state index contributed by atoms with van der Waals surface area (Å²) in [5, 5.41) is 11.4. The van der Waals surface area contributed by atoms with E-state index in [9.17, 15) is 4.79 Å². The fourth-order valence-electron chi connectivity index (χ4n) is 0.728. The average molecular weight is 143 g/mol. The monoisotopic (exact) mass is 143 g/mol. The van der Waals surface area contributed by atoms with Gasteiger partial charge in [-0.3, -0.25) is 0 Å². The smallest absolute Gasteiger partial charge is 0.333 e. The molecule has 2 N–H and O–H groups in total. The number of rotatable bonds is 3. The summed E-state index contributed by atoms with van der Waals surface area (Å²) in [5.74, 6) is -0.839. The highest BCUT2D eigenvalue weighted by atomic mass is 16.4. The number of allylic oxidation sites excluding steroid dienone is 1. The lowest BCUT2D eigenvalue weighted by Crippen LogP contribution is -2.11. The minimum atomic E-state index is -0.839. The molecule has 0 rings (SSSR count). The molecule has 0 fully saturated rings. The van der Waals surface area contributed by atoms with Gasteiger partial charge in [0.05, 0.1) is 5.57 Å². The Kier molecular flexibility index (Phi) is 3.54. The highest BCUT2D eigenvalue weighted by Crippen LogP contribution is 2.04. The Labute approximate surface area is 60.7 Å². The lowest BCUT2D eigenvalue weighted by atomic mass is 10.1. The molecule has 0 bridgehead atoms. The second-order valence-electron chi connectivity index (χ2n) is 2.01. The highest BCUT2D eigenvalue weighted by molar-refractivity contribution is 5.87. The van der Waals surface area contributed by atoms with Crippen LogP contribution in [0.5, 0.6) is 0 Å². The van der Waals surface area contributed by atoms with Gasteiger partial charge in [0, 0.05) is 12.7 Å². The molecule has 0 saturated carbocycles. The zero-order chi connectivity index (χ0) is 8.15.